The van der Waals surface area contributed by atoms with Gasteiger partial charge in [-0.15, -0.1) is 0 Å². The molecule has 0 saturated heterocycles. The van der Waals surface area contributed by atoms with Gasteiger partial charge in [0.05, 0.1) is 6.10 Å². The first-order valence-corrected chi connectivity index (χ1v) is 9.99. The Hall–Kier alpha value is -0.0400. The van der Waals surface area contributed by atoms with E-state index in [4.69, 9.17) is 0 Å². The molecule has 1 atom stereocenters. The summed E-state index contributed by atoms with van der Waals surface area (Å²) in [5.74, 6) is 0. The molecule has 0 aromatic rings. The predicted octanol–water partition coefficient (Wildman–Crippen LogP) is 7.02. The Balaban J connectivity index is 3.02. The van der Waals surface area contributed by atoms with Gasteiger partial charge in [0.2, 0.25) is 0 Å². The third-order valence-electron chi connectivity index (χ3n) is 4.53. The zero-order valence-electron chi connectivity index (χ0n) is 15.0. The lowest BCUT2D eigenvalue weighted by atomic mass is 10.0. The fraction of sp³-hybridized carbons (Fsp3) is 1.00. The van der Waals surface area contributed by atoms with Crippen LogP contribution in [-0.2, 0) is 0 Å². The van der Waals surface area contributed by atoms with Gasteiger partial charge >= 0.3 is 0 Å². The third-order valence-corrected chi connectivity index (χ3v) is 4.53. The van der Waals surface area contributed by atoms with Gasteiger partial charge in [0, 0.05) is 0 Å². The van der Waals surface area contributed by atoms with Crippen molar-refractivity contribution in [2.24, 2.45) is 0 Å². The molecular formula is C20H42O. The van der Waals surface area contributed by atoms with Gasteiger partial charge in [0.1, 0.15) is 0 Å². The van der Waals surface area contributed by atoms with Crippen molar-refractivity contribution in [2.75, 3.05) is 0 Å². The maximum absolute atomic E-state index is 9.76. The molecule has 0 amide bonds. The molecule has 0 bridgehead atoms. The average Bonchev–Trinajstić information content (AvgIpc) is 2.49. The average molecular weight is 299 g/mol. The number of hydrogen-bond donors (Lipinski definition) is 1. The van der Waals surface area contributed by atoms with E-state index in [0.717, 1.165) is 12.8 Å². The minimum absolute atomic E-state index is 0.0299. The number of aliphatic hydroxyl groups excluding tert-OH is 1. The molecule has 0 saturated carbocycles. The number of aliphatic hydroxyl groups is 1. The minimum Gasteiger partial charge on any atom is -0.393 e. The van der Waals surface area contributed by atoms with Crippen LogP contribution in [0.1, 0.15) is 123 Å². The van der Waals surface area contributed by atoms with E-state index in [1.807, 2.05) is 0 Å². The Morgan fingerprint density at radius 2 is 0.810 bits per heavy atom. The lowest BCUT2D eigenvalue weighted by Gasteiger charge is -2.09. The highest BCUT2D eigenvalue weighted by molar-refractivity contribution is 4.56. The van der Waals surface area contributed by atoms with Gasteiger partial charge in [-0.2, -0.15) is 0 Å². The minimum atomic E-state index is -0.0299. The largest absolute Gasteiger partial charge is 0.393 e. The first kappa shape index (κ1) is 21.0. The van der Waals surface area contributed by atoms with Crippen LogP contribution in [0.15, 0.2) is 0 Å². The van der Waals surface area contributed by atoms with Crippen molar-refractivity contribution in [2.45, 2.75) is 129 Å². The molecule has 0 aromatic carbocycles. The van der Waals surface area contributed by atoms with Crippen molar-refractivity contribution in [3.05, 3.63) is 0 Å². The van der Waals surface area contributed by atoms with Crippen LogP contribution >= 0.6 is 0 Å². The molecule has 0 rings (SSSR count). The van der Waals surface area contributed by atoms with Crippen molar-refractivity contribution in [3.8, 4) is 0 Å². The summed E-state index contributed by atoms with van der Waals surface area (Å²) in [7, 11) is 0. The predicted molar refractivity (Wildman–Crippen MR) is 95.8 cm³/mol. The first-order chi connectivity index (χ1) is 10.3. The van der Waals surface area contributed by atoms with Crippen molar-refractivity contribution >= 4 is 0 Å². The lowest BCUT2D eigenvalue weighted by molar-refractivity contribution is 0.148. The fourth-order valence-electron chi connectivity index (χ4n) is 2.98. The highest BCUT2D eigenvalue weighted by Gasteiger charge is 2.02. The topological polar surface area (TPSA) is 20.2 Å². The quantitative estimate of drug-likeness (QED) is 0.286. The molecule has 0 unspecified atom stereocenters. The van der Waals surface area contributed by atoms with Crippen molar-refractivity contribution in [1.82, 2.24) is 0 Å². The Morgan fingerprint density at radius 1 is 0.476 bits per heavy atom. The molecule has 0 heterocycles. The van der Waals surface area contributed by atoms with Crippen LogP contribution in [0.3, 0.4) is 0 Å². The van der Waals surface area contributed by atoms with E-state index >= 15 is 0 Å². The number of unbranched alkanes of at least 4 members (excludes halogenated alkanes) is 13. The second kappa shape index (κ2) is 18.0. The van der Waals surface area contributed by atoms with Crippen LogP contribution in [0.2, 0.25) is 0 Å². The summed E-state index contributed by atoms with van der Waals surface area (Å²) in [6.07, 6.45) is 22.6. The van der Waals surface area contributed by atoms with Gasteiger partial charge in [0.25, 0.3) is 0 Å². The molecule has 1 heteroatoms. The molecule has 0 radical (unpaired) electrons. The molecule has 128 valence electrons. The summed E-state index contributed by atoms with van der Waals surface area (Å²) in [4.78, 5) is 0. The Labute approximate surface area is 134 Å². The maximum Gasteiger partial charge on any atom is 0.0540 e. The van der Waals surface area contributed by atoms with E-state index in [1.54, 1.807) is 0 Å². The van der Waals surface area contributed by atoms with Gasteiger partial charge in [-0.1, -0.05) is 110 Å². The summed E-state index contributed by atoms with van der Waals surface area (Å²) in [6, 6.07) is 0. The van der Waals surface area contributed by atoms with Crippen LogP contribution in [0, 0.1) is 0 Å². The molecule has 21 heavy (non-hydrogen) atoms. The molecule has 1 nitrogen and oxygen atoms in total. The van der Waals surface area contributed by atoms with Crippen LogP contribution in [0.4, 0.5) is 0 Å². The Morgan fingerprint density at radius 3 is 1.24 bits per heavy atom. The second-order valence-corrected chi connectivity index (χ2v) is 6.83. The number of rotatable bonds is 17. The van der Waals surface area contributed by atoms with Crippen molar-refractivity contribution in [3.63, 3.8) is 0 Å². The van der Waals surface area contributed by atoms with Gasteiger partial charge in [0.15, 0.2) is 0 Å². The first-order valence-electron chi connectivity index (χ1n) is 9.99. The molecule has 0 aromatic heterocycles. The van der Waals surface area contributed by atoms with Gasteiger partial charge in [-0.3, -0.25) is 0 Å². The number of hydrogen-bond acceptors (Lipinski definition) is 1. The third kappa shape index (κ3) is 17.9. The maximum atomic E-state index is 9.76. The van der Waals surface area contributed by atoms with E-state index in [0.29, 0.717) is 0 Å². The Bertz CT molecular complexity index is 179. The molecule has 0 aliphatic heterocycles. The lowest BCUT2D eigenvalue weighted by Crippen LogP contribution is -2.05. The summed E-state index contributed by atoms with van der Waals surface area (Å²) in [5.41, 5.74) is 0. The van der Waals surface area contributed by atoms with E-state index in [9.17, 15) is 5.11 Å². The molecule has 0 aliphatic carbocycles. The molecule has 0 fully saturated rings. The van der Waals surface area contributed by atoms with Crippen LogP contribution < -0.4 is 0 Å². The van der Waals surface area contributed by atoms with Crippen LogP contribution in [0.25, 0.3) is 0 Å². The highest BCUT2D eigenvalue weighted by atomic mass is 16.3. The standard InChI is InChI=1S/C20H42O/c1-3-5-7-8-9-10-11-12-13-14-15-16-17-19-20(21)18-6-4-2/h20-21H,3-19H2,1-2H3/t20-/m0/s1. The summed E-state index contributed by atoms with van der Waals surface area (Å²) >= 11 is 0. The summed E-state index contributed by atoms with van der Waals surface area (Å²) < 4.78 is 0. The van der Waals surface area contributed by atoms with Gasteiger partial charge in [-0.25, -0.2) is 0 Å². The van der Waals surface area contributed by atoms with Crippen molar-refractivity contribution in [1.29, 1.82) is 0 Å². The molecule has 0 aliphatic rings. The van der Waals surface area contributed by atoms with Crippen LogP contribution in [-0.4, -0.2) is 11.2 Å². The smallest absolute Gasteiger partial charge is 0.0540 e. The summed E-state index contributed by atoms with van der Waals surface area (Å²) in [5, 5.41) is 9.76. The van der Waals surface area contributed by atoms with Gasteiger partial charge < -0.3 is 5.11 Å². The van der Waals surface area contributed by atoms with E-state index in [2.05, 4.69) is 13.8 Å². The fourth-order valence-corrected chi connectivity index (χ4v) is 2.98. The summed E-state index contributed by atoms with van der Waals surface area (Å²) in [6.45, 7) is 4.48. The van der Waals surface area contributed by atoms with E-state index < -0.39 is 0 Å². The highest BCUT2D eigenvalue weighted by Crippen LogP contribution is 2.14. The van der Waals surface area contributed by atoms with Crippen molar-refractivity contribution < 1.29 is 5.11 Å². The molecule has 1 N–H and O–H groups in total. The van der Waals surface area contributed by atoms with Crippen LogP contribution in [0.5, 0.6) is 0 Å². The van der Waals surface area contributed by atoms with Gasteiger partial charge in [-0.05, 0) is 12.8 Å². The normalized spacial score (nSPS) is 12.7. The van der Waals surface area contributed by atoms with E-state index in [1.165, 1.54) is 96.3 Å². The zero-order valence-corrected chi connectivity index (χ0v) is 15.0. The van der Waals surface area contributed by atoms with E-state index in [-0.39, 0.29) is 6.10 Å². The Kier molecular flexibility index (Phi) is 18.0. The zero-order chi connectivity index (χ0) is 15.6. The molecule has 0 spiro atoms. The molecular weight excluding hydrogens is 256 g/mol. The monoisotopic (exact) mass is 298 g/mol. The SMILES string of the molecule is CCCCCCCCCCCCCCC[C@@H](O)CCCC. The second-order valence-electron chi connectivity index (χ2n) is 6.83.